The van der Waals surface area contributed by atoms with Gasteiger partial charge in [-0.05, 0) is 12.1 Å². The Labute approximate surface area is 130 Å². The van der Waals surface area contributed by atoms with Crippen LogP contribution in [0.25, 0.3) is 21.9 Å². The Morgan fingerprint density at radius 1 is 0.826 bits per heavy atom. The summed E-state index contributed by atoms with van der Waals surface area (Å²) in [6, 6.07) is 5.53. The number of benzene rings is 2. The molecule has 0 aliphatic carbocycles. The molecule has 6 N–H and O–H groups in total. The molecular formula is C16H14N2O5. The number of ketones is 2. The topological polar surface area (TPSA) is 140 Å². The third kappa shape index (κ3) is 2.32. The number of phenols is 2. The lowest BCUT2D eigenvalue weighted by Gasteiger charge is -2.03. The van der Waals surface area contributed by atoms with Gasteiger partial charge in [-0.2, -0.15) is 0 Å². The summed E-state index contributed by atoms with van der Waals surface area (Å²) in [7, 11) is 0. The van der Waals surface area contributed by atoms with Gasteiger partial charge >= 0.3 is 0 Å². The van der Waals surface area contributed by atoms with Gasteiger partial charge in [-0.25, -0.2) is 0 Å². The summed E-state index contributed by atoms with van der Waals surface area (Å²) in [5.41, 5.74) is 11.4. The molecule has 0 fully saturated rings. The van der Waals surface area contributed by atoms with Gasteiger partial charge in [0.1, 0.15) is 22.7 Å². The Balaban J connectivity index is 2.34. The Bertz CT molecular complexity index is 882. The Kier molecular flexibility index (Phi) is 3.51. The van der Waals surface area contributed by atoms with Crippen LogP contribution in [0.3, 0.4) is 0 Å². The van der Waals surface area contributed by atoms with Gasteiger partial charge in [-0.1, -0.05) is 0 Å². The van der Waals surface area contributed by atoms with Gasteiger partial charge in [0.15, 0.2) is 11.6 Å². The zero-order chi connectivity index (χ0) is 16.7. The molecule has 7 heteroatoms. The monoisotopic (exact) mass is 314 g/mol. The van der Waals surface area contributed by atoms with Gasteiger partial charge in [0, 0.05) is 22.9 Å². The number of hydrogen-bond acceptors (Lipinski definition) is 7. The van der Waals surface area contributed by atoms with Crippen LogP contribution in [-0.2, 0) is 0 Å². The predicted molar refractivity (Wildman–Crippen MR) is 83.8 cm³/mol. The van der Waals surface area contributed by atoms with Crippen LogP contribution < -0.4 is 11.5 Å². The molecule has 3 rings (SSSR count). The quantitative estimate of drug-likeness (QED) is 0.532. The van der Waals surface area contributed by atoms with Gasteiger partial charge < -0.3 is 26.1 Å². The molecule has 0 spiro atoms. The van der Waals surface area contributed by atoms with Gasteiger partial charge in [0.25, 0.3) is 0 Å². The third-order valence-electron chi connectivity index (χ3n) is 3.68. The number of nitrogens with two attached hydrogens (primary N) is 2. The van der Waals surface area contributed by atoms with Crippen LogP contribution in [0.5, 0.6) is 11.5 Å². The Hall–Kier alpha value is -2.90. The fourth-order valence-corrected chi connectivity index (χ4v) is 2.51. The molecule has 1 aromatic heterocycles. The molecule has 0 amide bonds. The second-order valence-corrected chi connectivity index (χ2v) is 5.09. The lowest BCUT2D eigenvalue weighted by atomic mass is 10.0. The average Bonchev–Trinajstić information content (AvgIpc) is 2.87. The zero-order valence-corrected chi connectivity index (χ0v) is 12.0. The normalized spacial score (nSPS) is 11.2. The first-order valence-electron chi connectivity index (χ1n) is 6.85. The van der Waals surface area contributed by atoms with Crippen molar-refractivity contribution in [2.75, 3.05) is 13.1 Å². The van der Waals surface area contributed by atoms with Crippen molar-refractivity contribution in [3.63, 3.8) is 0 Å². The van der Waals surface area contributed by atoms with Gasteiger partial charge in [0.05, 0.1) is 24.2 Å². The first-order valence-corrected chi connectivity index (χ1v) is 6.85. The highest BCUT2D eigenvalue weighted by atomic mass is 16.3. The minimum Gasteiger partial charge on any atom is -0.507 e. The van der Waals surface area contributed by atoms with E-state index in [2.05, 4.69) is 0 Å². The number of carbonyl (C=O) groups is 2. The fourth-order valence-electron chi connectivity index (χ4n) is 2.51. The third-order valence-corrected chi connectivity index (χ3v) is 3.68. The lowest BCUT2D eigenvalue weighted by Crippen LogP contribution is -2.13. The molecule has 0 saturated heterocycles. The first kappa shape index (κ1) is 15.0. The summed E-state index contributed by atoms with van der Waals surface area (Å²) in [6.07, 6.45) is 0. The van der Waals surface area contributed by atoms with Gasteiger partial charge in [-0.3, -0.25) is 9.59 Å². The van der Waals surface area contributed by atoms with E-state index in [-0.39, 0.29) is 35.7 Å². The lowest BCUT2D eigenvalue weighted by molar-refractivity contribution is 0.0990. The molecule has 23 heavy (non-hydrogen) atoms. The van der Waals surface area contributed by atoms with E-state index in [1.54, 1.807) is 0 Å². The van der Waals surface area contributed by atoms with Crippen molar-refractivity contribution < 1.29 is 24.2 Å². The van der Waals surface area contributed by atoms with E-state index >= 15 is 0 Å². The summed E-state index contributed by atoms with van der Waals surface area (Å²) < 4.78 is 5.55. The van der Waals surface area contributed by atoms with Crippen LogP contribution in [0, 0.1) is 0 Å². The van der Waals surface area contributed by atoms with E-state index < -0.39 is 11.6 Å². The molecule has 3 aromatic rings. The first-order chi connectivity index (χ1) is 11.0. The second kappa shape index (κ2) is 5.38. The number of furan rings is 1. The van der Waals surface area contributed by atoms with Crippen LogP contribution >= 0.6 is 0 Å². The summed E-state index contributed by atoms with van der Waals surface area (Å²) in [6.45, 7) is -0.487. The Morgan fingerprint density at radius 2 is 1.22 bits per heavy atom. The minimum absolute atomic E-state index is 0.0717. The van der Waals surface area contributed by atoms with E-state index in [0.717, 1.165) is 0 Å². The van der Waals surface area contributed by atoms with Crippen molar-refractivity contribution >= 4 is 33.5 Å². The molecular weight excluding hydrogens is 300 g/mol. The molecule has 0 bridgehead atoms. The van der Waals surface area contributed by atoms with Crippen molar-refractivity contribution in [3.8, 4) is 11.5 Å². The van der Waals surface area contributed by atoms with E-state index in [1.807, 2.05) is 0 Å². The molecule has 0 unspecified atom stereocenters. The average molecular weight is 314 g/mol. The molecule has 0 aliphatic heterocycles. The smallest absolute Gasteiger partial charge is 0.180 e. The molecule has 0 atom stereocenters. The number of Topliss-reactive ketones (excluding diaryl/α,β-unsaturated/α-hetero) is 2. The highest BCUT2D eigenvalue weighted by molar-refractivity contribution is 6.13. The van der Waals surface area contributed by atoms with E-state index in [0.29, 0.717) is 21.9 Å². The van der Waals surface area contributed by atoms with E-state index in [9.17, 15) is 19.8 Å². The predicted octanol–water partition coefficient (Wildman–Crippen LogP) is 1.28. The number of phenolic OH excluding ortho intramolecular Hbond substituents is 2. The summed E-state index contributed by atoms with van der Waals surface area (Å²) >= 11 is 0. The van der Waals surface area contributed by atoms with Crippen LogP contribution in [0.4, 0.5) is 0 Å². The van der Waals surface area contributed by atoms with E-state index in [4.69, 9.17) is 15.9 Å². The molecule has 7 nitrogen and oxygen atoms in total. The molecule has 2 aromatic carbocycles. The molecule has 1 heterocycles. The molecule has 0 aliphatic rings. The number of rotatable bonds is 4. The summed E-state index contributed by atoms with van der Waals surface area (Å²) in [4.78, 5) is 23.6. The van der Waals surface area contributed by atoms with Crippen LogP contribution in [-0.4, -0.2) is 34.9 Å². The Morgan fingerprint density at radius 3 is 1.57 bits per heavy atom. The van der Waals surface area contributed by atoms with Crippen molar-refractivity contribution in [2.45, 2.75) is 0 Å². The largest absolute Gasteiger partial charge is 0.507 e. The maximum absolute atomic E-state index is 11.8. The van der Waals surface area contributed by atoms with E-state index in [1.165, 1.54) is 24.3 Å². The molecule has 0 saturated carbocycles. The van der Waals surface area contributed by atoms with Crippen molar-refractivity contribution in [2.24, 2.45) is 11.5 Å². The standard InChI is InChI=1S/C16H14N2O5/c17-5-13(21)9-1-7-8-2-10(14(22)6-18)12(20)4-16(8)23-15(7)3-11(9)19/h1-4,19-20H,5-6,17-18H2. The van der Waals surface area contributed by atoms with Crippen LogP contribution in [0.2, 0.25) is 0 Å². The number of aromatic hydroxyl groups is 2. The highest BCUT2D eigenvalue weighted by Gasteiger charge is 2.18. The maximum atomic E-state index is 11.8. The van der Waals surface area contributed by atoms with Gasteiger partial charge in [0.2, 0.25) is 0 Å². The van der Waals surface area contributed by atoms with Crippen molar-refractivity contribution in [1.29, 1.82) is 0 Å². The summed E-state index contributed by atoms with van der Waals surface area (Å²) in [5.74, 6) is -1.32. The SMILES string of the molecule is NCC(=O)c1cc2c(cc1O)oc1cc(O)c(C(=O)CN)cc12. The van der Waals surface area contributed by atoms with Crippen molar-refractivity contribution in [3.05, 3.63) is 35.4 Å². The van der Waals surface area contributed by atoms with Gasteiger partial charge in [-0.15, -0.1) is 0 Å². The van der Waals surface area contributed by atoms with Crippen molar-refractivity contribution in [1.82, 2.24) is 0 Å². The number of hydrogen-bond donors (Lipinski definition) is 4. The van der Waals surface area contributed by atoms with Crippen LogP contribution in [0.1, 0.15) is 20.7 Å². The summed E-state index contributed by atoms with van der Waals surface area (Å²) in [5, 5.41) is 20.9. The zero-order valence-electron chi connectivity index (χ0n) is 12.0. The molecule has 0 radical (unpaired) electrons. The maximum Gasteiger partial charge on any atom is 0.180 e. The fraction of sp³-hybridized carbons (Fsp3) is 0.125. The van der Waals surface area contributed by atoms with Crippen LogP contribution in [0.15, 0.2) is 28.7 Å². The number of carbonyl (C=O) groups excluding carboxylic acids is 2. The molecule has 118 valence electrons. The minimum atomic E-state index is -0.421. The second-order valence-electron chi connectivity index (χ2n) is 5.09. The number of fused-ring (bicyclic) bond motifs is 3. The highest BCUT2D eigenvalue weighted by Crippen LogP contribution is 2.36.